The van der Waals surface area contributed by atoms with E-state index in [2.05, 4.69) is 66.4 Å². The molecule has 9 atom stereocenters. The Balaban J connectivity index is 1.28. The quantitative estimate of drug-likeness (QED) is 0.216. The Kier molecular flexibility index (Phi) is 11.0. The molecule has 7 nitrogen and oxygen atoms in total. The third-order valence-electron chi connectivity index (χ3n) is 16.7. The molecule has 0 heterocycles. The maximum absolute atomic E-state index is 14.2. The number of ketones is 1. The van der Waals surface area contributed by atoms with Gasteiger partial charge in [0.2, 0.25) is 0 Å². The molecule has 3 unspecified atom stereocenters. The minimum absolute atomic E-state index is 0.0227. The van der Waals surface area contributed by atoms with Crippen LogP contribution in [0, 0.1) is 56.2 Å². The number of carboxylic acid groups (broad SMARTS) is 1. The van der Waals surface area contributed by atoms with E-state index in [9.17, 15) is 24.6 Å². The van der Waals surface area contributed by atoms with Crippen molar-refractivity contribution in [2.45, 2.75) is 152 Å². The summed E-state index contributed by atoms with van der Waals surface area (Å²) < 4.78 is 6.18. The smallest absolute Gasteiger partial charge is 0.309 e. The predicted molar refractivity (Wildman–Crippen MR) is 214 cm³/mol. The number of aliphatic hydroxyl groups excluding tert-OH is 1. The highest BCUT2D eigenvalue weighted by molar-refractivity contribution is 6.31. The van der Waals surface area contributed by atoms with Gasteiger partial charge in [0, 0.05) is 35.4 Å². The van der Waals surface area contributed by atoms with Crippen molar-refractivity contribution in [2.75, 3.05) is 13.1 Å². The summed E-state index contributed by atoms with van der Waals surface area (Å²) in [5.41, 5.74) is 1.47. The first-order valence-electron chi connectivity index (χ1n) is 20.9. The average Bonchev–Trinajstić information content (AvgIpc) is 3.40. The number of hydrogen-bond acceptors (Lipinski definition) is 6. The van der Waals surface area contributed by atoms with Crippen LogP contribution < -0.4 is 0 Å². The maximum atomic E-state index is 14.2. The van der Waals surface area contributed by atoms with Gasteiger partial charge in [0.15, 0.2) is 5.78 Å². The van der Waals surface area contributed by atoms with Crippen LogP contribution in [0.15, 0.2) is 35.4 Å². The van der Waals surface area contributed by atoms with Crippen LogP contribution in [0.1, 0.15) is 139 Å². The van der Waals surface area contributed by atoms with Crippen molar-refractivity contribution >= 4 is 29.3 Å². The van der Waals surface area contributed by atoms with E-state index in [0.717, 1.165) is 74.1 Å². The number of fused-ring (bicyclic) bond motifs is 7. The normalized spacial score (nSPS) is 36.7. The zero-order valence-electron chi connectivity index (χ0n) is 34.8. The fraction of sp³-hybridized carbons (Fsp3) is 0.761. The molecule has 0 saturated heterocycles. The number of nitrogens with zero attached hydrogens (tertiary/aromatic N) is 1. The standard InChI is InChI=1S/C46H68ClNO6/c1-11-48(26-29-14-12-13-15-31(29)47)27-35(50)46-23-22-44(9)30(39(46)38(28(2)3)32(49)24-46)16-17-34-43(8)20-19-36(54-37(51)25-41(4,5)40(52)53)42(6,7)33(43)18-21-45(34,44)10/h12-15,28,30,33-36,50H,11,16-27H2,1-10H3,(H,52,53)/t30-,33?,34-,35?,36+,43+,44-,45-,46?/m1/s1. The lowest BCUT2D eigenvalue weighted by Gasteiger charge is -2.72. The molecule has 0 aliphatic heterocycles. The number of halogens is 1. The van der Waals surface area contributed by atoms with Crippen LogP contribution >= 0.6 is 11.6 Å². The molecular weight excluding hydrogens is 698 g/mol. The topological polar surface area (TPSA) is 104 Å². The molecule has 6 rings (SSSR count). The number of allylic oxidation sites excluding steroid dienone is 1. The van der Waals surface area contributed by atoms with E-state index in [1.807, 2.05) is 18.2 Å². The summed E-state index contributed by atoms with van der Waals surface area (Å²) in [5.74, 6) is 0.0214. The molecule has 1 aromatic rings. The molecule has 4 fully saturated rings. The van der Waals surface area contributed by atoms with E-state index in [1.165, 1.54) is 5.57 Å². The SMILES string of the molecule is CCN(Cc1ccccc1Cl)CC(O)C12CC[C@]3(C)[C@H](CC[C@@H]4[C@@]5(C)CC[C@H](OC(=O)CC(C)(C)C(=O)O)C(C)(C)C5CC[C@]43C)C1=C(C(C)C)C(=O)C2. The van der Waals surface area contributed by atoms with Gasteiger partial charge < -0.3 is 14.9 Å². The number of rotatable bonds is 11. The first-order valence-corrected chi connectivity index (χ1v) is 21.3. The Hall–Kier alpha value is -2.22. The Bertz CT molecular complexity index is 1680. The Labute approximate surface area is 330 Å². The highest BCUT2D eigenvalue weighted by Gasteiger charge is 2.70. The van der Waals surface area contributed by atoms with E-state index in [-0.39, 0.29) is 51.8 Å². The maximum Gasteiger partial charge on any atom is 0.309 e. The van der Waals surface area contributed by atoms with Crippen molar-refractivity contribution < 1.29 is 29.3 Å². The van der Waals surface area contributed by atoms with Gasteiger partial charge in [0.25, 0.3) is 0 Å². The number of aliphatic carboxylic acids is 1. The van der Waals surface area contributed by atoms with Crippen molar-refractivity contribution in [1.29, 1.82) is 0 Å². The Morgan fingerprint density at radius 1 is 0.963 bits per heavy atom. The van der Waals surface area contributed by atoms with Crippen LogP contribution in [-0.4, -0.2) is 58.1 Å². The van der Waals surface area contributed by atoms with E-state index in [4.69, 9.17) is 16.3 Å². The molecule has 0 radical (unpaired) electrons. The molecule has 8 heteroatoms. The predicted octanol–water partition coefficient (Wildman–Crippen LogP) is 9.92. The number of carbonyl (C=O) groups excluding carboxylic acids is 2. The third-order valence-corrected chi connectivity index (χ3v) is 17.1. The second-order valence-corrected chi connectivity index (χ2v) is 20.9. The lowest BCUT2D eigenvalue weighted by Crippen LogP contribution is -2.66. The van der Waals surface area contributed by atoms with Gasteiger partial charge in [-0.25, -0.2) is 0 Å². The van der Waals surface area contributed by atoms with E-state index < -0.39 is 28.9 Å². The van der Waals surface area contributed by atoms with Crippen LogP contribution in [0.2, 0.25) is 5.02 Å². The van der Waals surface area contributed by atoms with Crippen LogP contribution in [-0.2, 0) is 25.7 Å². The van der Waals surface area contributed by atoms with Gasteiger partial charge >= 0.3 is 11.9 Å². The second-order valence-electron chi connectivity index (χ2n) is 20.5. The molecule has 4 saturated carbocycles. The molecule has 0 aromatic heterocycles. The number of esters is 1. The number of Topliss-reactive ketones (excluding diaryl/α,β-unsaturated/α-hetero) is 1. The number of hydrogen-bond donors (Lipinski definition) is 2. The van der Waals surface area contributed by atoms with Gasteiger partial charge in [0.1, 0.15) is 6.10 Å². The highest BCUT2D eigenvalue weighted by Crippen LogP contribution is 2.77. The molecule has 2 N–H and O–H groups in total. The first kappa shape index (κ1) is 41.4. The summed E-state index contributed by atoms with van der Waals surface area (Å²) in [4.78, 5) is 41.4. The lowest BCUT2D eigenvalue weighted by atomic mass is 9.33. The summed E-state index contributed by atoms with van der Waals surface area (Å²) in [6.07, 6.45) is 7.16. The third kappa shape index (κ3) is 6.42. The minimum atomic E-state index is -1.17. The largest absolute Gasteiger partial charge is 0.481 e. The molecule has 0 bridgehead atoms. The van der Waals surface area contributed by atoms with Crippen molar-refractivity contribution in [3.05, 3.63) is 46.0 Å². The summed E-state index contributed by atoms with van der Waals surface area (Å²) in [5, 5.41) is 22.8. The number of carboxylic acids is 1. The van der Waals surface area contributed by atoms with Crippen molar-refractivity contribution in [2.24, 2.45) is 56.2 Å². The molecule has 0 spiro atoms. The number of carbonyl (C=O) groups is 3. The molecular formula is C46H68ClNO6. The number of ether oxygens (including phenoxy) is 1. The minimum Gasteiger partial charge on any atom is -0.481 e. The average molecular weight is 767 g/mol. The van der Waals surface area contributed by atoms with Crippen LogP contribution in [0.4, 0.5) is 0 Å². The zero-order chi connectivity index (χ0) is 39.8. The van der Waals surface area contributed by atoms with Crippen LogP contribution in [0.3, 0.4) is 0 Å². The number of benzene rings is 1. The van der Waals surface area contributed by atoms with Gasteiger partial charge in [-0.2, -0.15) is 0 Å². The highest BCUT2D eigenvalue weighted by atomic mass is 35.5. The van der Waals surface area contributed by atoms with Crippen molar-refractivity contribution in [1.82, 2.24) is 4.90 Å². The van der Waals surface area contributed by atoms with E-state index in [0.29, 0.717) is 31.3 Å². The summed E-state index contributed by atoms with van der Waals surface area (Å²) in [6, 6.07) is 7.93. The van der Waals surface area contributed by atoms with Crippen molar-refractivity contribution in [3.63, 3.8) is 0 Å². The molecule has 300 valence electrons. The van der Waals surface area contributed by atoms with Gasteiger partial charge in [-0.1, -0.05) is 90.8 Å². The van der Waals surface area contributed by atoms with Gasteiger partial charge in [0.05, 0.1) is 17.9 Å². The number of likely N-dealkylation sites (N-methyl/N-ethyl adjacent to an activating group) is 1. The molecule has 5 aliphatic carbocycles. The monoisotopic (exact) mass is 765 g/mol. The van der Waals surface area contributed by atoms with Gasteiger partial charge in [-0.3, -0.25) is 19.3 Å². The second kappa shape index (κ2) is 14.3. The van der Waals surface area contributed by atoms with E-state index >= 15 is 0 Å². The van der Waals surface area contributed by atoms with Gasteiger partial charge in [-0.05, 0) is 129 Å². The molecule has 5 aliphatic rings. The van der Waals surface area contributed by atoms with Crippen molar-refractivity contribution in [3.8, 4) is 0 Å². The number of aliphatic hydroxyl groups is 1. The lowest BCUT2D eigenvalue weighted by molar-refractivity contribution is -0.235. The first-order chi connectivity index (χ1) is 25.1. The summed E-state index contributed by atoms with van der Waals surface area (Å²) in [7, 11) is 0. The summed E-state index contributed by atoms with van der Waals surface area (Å²) >= 11 is 6.58. The Morgan fingerprint density at radius 2 is 1.65 bits per heavy atom. The van der Waals surface area contributed by atoms with E-state index in [1.54, 1.807) is 13.8 Å². The molecule has 54 heavy (non-hydrogen) atoms. The Morgan fingerprint density at radius 3 is 2.28 bits per heavy atom. The zero-order valence-corrected chi connectivity index (χ0v) is 35.6. The summed E-state index contributed by atoms with van der Waals surface area (Å²) in [6.45, 7) is 23.7. The van der Waals surface area contributed by atoms with Gasteiger partial charge in [-0.15, -0.1) is 0 Å². The molecule has 0 amide bonds. The van der Waals surface area contributed by atoms with Crippen LogP contribution in [0.25, 0.3) is 0 Å². The molecule has 1 aromatic carbocycles. The van der Waals surface area contributed by atoms with Crippen LogP contribution in [0.5, 0.6) is 0 Å². The fourth-order valence-electron chi connectivity index (χ4n) is 13.5. The fourth-order valence-corrected chi connectivity index (χ4v) is 13.7.